The van der Waals surface area contributed by atoms with Crippen molar-refractivity contribution in [1.82, 2.24) is 0 Å². The van der Waals surface area contributed by atoms with Crippen LogP contribution in [0.15, 0.2) is 18.2 Å². The molecule has 0 heterocycles. The van der Waals surface area contributed by atoms with E-state index in [0.29, 0.717) is 16.3 Å². The number of benzene rings is 2. The van der Waals surface area contributed by atoms with Crippen molar-refractivity contribution in [2.75, 3.05) is 0 Å². The summed E-state index contributed by atoms with van der Waals surface area (Å²) in [5.41, 5.74) is 0.628. The molecule has 0 saturated carbocycles. The number of aromatic hydroxyl groups is 1. The molecule has 0 atom stereocenters. The molecule has 0 bridgehead atoms. The molecule has 0 amide bonds. The van der Waals surface area contributed by atoms with E-state index in [4.69, 9.17) is 11.7 Å². The van der Waals surface area contributed by atoms with Gasteiger partial charge in [-0.1, -0.05) is 61.3 Å². The van der Waals surface area contributed by atoms with Gasteiger partial charge < -0.3 is 5.11 Å². The normalized spacial score (nSPS) is 7.68. The van der Waals surface area contributed by atoms with Gasteiger partial charge in [0.1, 0.15) is 11.8 Å². The molecule has 0 aliphatic rings. The highest BCUT2D eigenvalue weighted by atomic mass is 19.1. The molecule has 0 unspecified atom stereocenters. The Balaban J connectivity index is -0.000000533. The predicted octanol–water partition coefficient (Wildman–Crippen LogP) is 6.95. The Labute approximate surface area is 153 Å². The van der Waals surface area contributed by atoms with Gasteiger partial charge in [-0.15, -0.1) is 6.42 Å². The molecule has 0 spiro atoms. The molecule has 0 radical (unpaired) electrons. The maximum atomic E-state index is 13.9. The standard InChI is InChI=1S/C14H8FNO.4C2H6/c1-3-12-13-8(2)4-11(17)6-9(13)5-10(7-16)14(12)15;4*1-2/h1,4-6,17H,2H3;4*1-2H3. The average Bonchev–Trinajstić information content (AvgIpc) is 2.68. The van der Waals surface area contributed by atoms with Crippen molar-refractivity contribution >= 4 is 10.8 Å². The number of phenolic OH excluding ortho intramolecular Hbond substituents is 1. The number of nitrogens with zero attached hydrogens (tertiary/aromatic N) is 1. The predicted molar refractivity (Wildman–Crippen MR) is 108 cm³/mol. The van der Waals surface area contributed by atoms with Crippen molar-refractivity contribution in [3.05, 3.63) is 40.7 Å². The van der Waals surface area contributed by atoms with E-state index >= 15 is 0 Å². The lowest BCUT2D eigenvalue weighted by Gasteiger charge is -2.08. The van der Waals surface area contributed by atoms with Crippen LogP contribution < -0.4 is 0 Å². The minimum atomic E-state index is -0.684. The molecule has 25 heavy (non-hydrogen) atoms. The minimum Gasteiger partial charge on any atom is -0.508 e. The van der Waals surface area contributed by atoms with E-state index in [0.717, 1.165) is 0 Å². The van der Waals surface area contributed by atoms with E-state index in [1.807, 2.05) is 55.4 Å². The molecule has 0 aromatic heterocycles. The summed E-state index contributed by atoms with van der Waals surface area (Å²) in [5.74, 6) is 1.64. The summed E-state index contributed by atoms with van der Waals surface area (Å²) in [5, 5.41) is 19.4. The Kier molecular flexibility index (Phi) is 17.9. The van der Waals surface area contributed by atoms with Crippen molar-refractivity contribution in [3.8, 4) is 24.2 Å². The van der Waals surface area contributed by atoms with Crippen LogP contribution in [0, 0.1) is 36.4 Å². The maximum absolute atomic E-state index is 13.9. The van der Waals surface area contributed by atoms with Crippen LogP contribution in [0.1, 0.15) is 72.1 Å². The molecule has 2 aromatic rings. The van der Waals surface area contributed by atoms with Gasteiger partial charge in [-0.3, -0.25) is 0 Å². The van der Waals surface area contributed by atoms with Gasteiger partial charge in [0, 0.05) is 5.39 Å². The molecule has 3 heteroatoms. The monoisotopic (exact) mass is 345 g/mol. The summed E-state index contributed by atoms with van der Waals surface area (Å²) in [6.45, 7) is 17.7. The molecule has 2 aromatic carbocycles. The van der Waals surface area contributed by atoms with E-state index in [9.17, 15) is 9.50 Å². The van der Waals surface area contributed by atoms with Gasteiger partial charge in [-0.25, -0.2) is 4.39 Å². The largest absolute Gasteiger partial charge is 0.508 e. The molecule has 0 saturated heterocycles. The number of hydrogen-bond donors (Lipinski definition) is 1. The molecule has 138 valence electrons. The van der Waals surface area contributed by atoms with Crippen LogP contribution in [-0.4, -0.2) is 5.11 Å². The van der Waals surface area contributed by atoms with Crippen LogP contribution in [0.3, 0.4) is 0 Å². The fourth-order valence-electron chi connectivity index (χ4n) is 1.93. The highest BCUT2D eigenvalue weighted by Crippen LogP contribution is 2.30. The molecule has 0 aliphatic carbocycles. The van der Waals surface area contributed by atoms with Crippen LogP contribution in [0.5, 0.6) is 5.75 Å². The summed E-state index contributed by atoms with van der Waals surface area (Å²) in [4.78, 5) is 0. The van der Waals surface area contributed by atoms with Crippen LogP contribution >= 0.6 is 0 Å². The summed E-state index contributed by atoms with van der Waals surface area (Å²) < 4.78 is 13.9. The average molecular weight is 346 g/mol. The Morgan fingerprint density at radius 2 is 1.44 bits per heavy atom. The zero-order valence-corrected chi connectivity index (χ0v) is 17.1. The Bertz CT molecular complexity index is 707. The second-order valence-electron chi connectivity index (χ2n) is 3.73. The lowest BCUT2D eigenvalue weighted by Crippen LogP contribution is -1.94. The number of terminal acetylenes is 1. The lowest BCUT2D eigenvalue weighted by atomic mass is 9.97. The fourth-order valence-corrected chi connectivity index (χ4v) is 1.93. The van der Waals surface area contributed by atoms with E-state index in [2.05, 4.69) is 5.92 Å². The summed E-state index contributed by atoms with van der Waals surface area (Å²) in [6.07, 6.45) is 5.29. The zero-order chi connectivity index (χ0) is 20.6. The van der Waals surface area contributed by atoms with Crippen LogP contribution in [-0.2, 0) is 0 Å². The number of rotatable bonds is 0. The topological polar surface area (TPSA) is 44.0 Å². The maximum Gasteiger partial charge on any atom is 0.157 e. The highest BCUT2D eigenvalue weighted by molar-refractivity contribution is 5.93. The van der Waals surface area contributed by atoms with Gasteiger partial charge in [0.15, 0.2) is 5.82 Å². The van der Waals surface area contributed by atoms with Gasteiger partial charge >= 0.3 is 0 Å². The Morgan fingerprint density at radius 1 is 0.960 bits per heavy atom. The van der Waals surface area contributed by atoms with Gasteiger partial charge in [0.25, 0.3) is 0 Å². The number of aryl methyl sites for hydroxylation is 1. The second kappa shape index (κ2) is 16.3. The lowest BCUT2D eigenvalue weighted by molar-refractivity contribution is 0.476. The first-order chi connectivity index (χ1) is 12.1. The van der Waals surface area contributed by atoms with Crippen LogP contribution in [0.2, 0.25) is 0 Å². The molecule has 2 rings (SSSR count). The van der Waals surface area contributed by atoms with E-state index in [-0.39, 0.29) is 16.9 Å². The number of fused-ring (bicyclic) bond motifs is 1. The number of nitriles is 1. The Morgan fingerprint density at radius 3 is 1.84 bits per heavy atom. The second-order valence-corrected chi connectivity index (χ2v) is 3.73. The van der Waals surface area contributed by atoms with Crippen LogP contribution in [0.25, 0.3) is 10.8 Å². The third-order valence-corrected chi connectivity index (χ3v) is 2.62. The summed E-state index contributed by atoms with van der Waals surface area (Å²) >= 11 is 0. The third-order valence-electron chi connectivity index (χ3n) is 2.62. The molecular weight excluding hydrogens is 313 g/mol. The SMILES string of the molecule is C#Cc1c(F)c(C#N)cc2cc(O)cc(C)c12.CC.CC.CC.CC. The number of phenols is 1. The zero-order valence-electron chi connectivity index (χ0n) is 17.1. The first kappa shape index (κ1) is 27.3. The molecule has 1 N–H and O–H groups in total. The minimum absolute atomic E-state index is 0.0634. The third kappa shape index (κ3) is 7.27. The van der Waals surface area contributed by atoms with Crippen molar-refractivity contribution < 1.29 is 9.50 Å². The first-order valence-electron chi connectivity index (χ1n) is 8.91. The van der Waals surface area contributed by atoms with Gasteiger partial charge in [-0.05, 0) is 36.1 Å². The number of hydrogen-bond acceptors (Lipinski definition) is 2. The summed E-state index contributed by atoms with van der Waals surface area (Å²) in [7, 11) is 0. The van der Waals surface area contributed by atoms with Crippen molar-refractivity contribution in [2.24, 2.45) is 0 Å². The van der Waals surface area contributed by atoms with E-state index < -0.39 is 5.82 Å². The van der Waals surface area contributed by atoms with Crippen molar-refractivity contribution in [3.63, 3.8) is 0 Å². The smallest absolute Gasteiger partial charge is 0.157 e. The molecule has 2 nitrogen and oxygen atoms in total. The molecule has 0 aliphatic heterocycles. The fraction of sp³-hybridized carbons (Fsp3) is 0.409. The quantitative estimate of drug-likeness (QED) is 0.525. The summed E-state index contributed by atoms with van der Waals surface area (Å²) in [6, 6.07) is 6.11. The Hall–Kier alpha value is -2.52. The van der Waals surface area contributed by atoms with Crippen molar-refractivity contribution in [2.45, 2.75) is 62.3 Å². The van der Waals surface area contributed by atoms with Crippen LogP contribution in [0.4, 0.5) is 4.39 Å². The van der Waals surface area contributed by atoms with E-state index in [1.54, 1.807) is 13.0 Å². The first-order valence-corrected chi connectivity index (χ1v) is 8.91. The van der Waals surface area contributed by atoms with Crippen molar-refractivity contribution in [1.29, 1.82) is 5.26 Å². The highest BCUT2D eigenvalue weighted by Gasteiger charge is 2.14. The van der Waals surface area contributed by atoms with E-state index in [1.165, 1.54) is 18.2 Å². The molecule has 0 fully saturated rings. The molecular formula is C22H32FNO. The number of halogens is 1. The van der Waals surface area contributed by atoms with Gasteiger partial charge in [0.05, 0.1) is 11.1 Å². The van der Waals surface area contributed by atoms with Gasteiger partial charge in [-0.2, -0.15) is 5.26 Å². The van der Waals surface area contributed by atoms with Gasteiger partial charge in [0.2, 0.25) is 0 Å².